The molecule has 8 nitrogen and oxygen atoms in total. The molecule has 0 unspecified atom stereocenters. The quantitative estimate of drug-likeness (QED) is 0.421. The van der Waals surface area contributed by atoms with E-state index in [4.69, 9.17) is 0 Å². The van der Waals surface area contributed by atoms with Gasteiger partial charge in [0, 0.05) is 60.7 Å². The van der Waals surface area contributed by atoms with Gasteiger partial charge in [-0.2, -0.15) is 5.10 Å². The van der Waals surface area contributed by atoms with E-state index in [0.29, 0.717) is 47.8 Å². The highest BCUT2D eigenvalue weighted by atomic mass is 19.3. The van der Waals surface area contributed by atoms with E-state index in [1.54, 1.807) is 30.9 Å². The Morgan fingerprint density at radius 2 is 2.16 bits per heavy atom. The van der Waals surface area contributed by atoms with Crippen molar-refractivity contribution >= 4 is 22.8 Å². The number of ketones is 1. The molecule has 10 heteroatoms. The van der Waals surface area contributed by atoms with Crippen molar-refractivity contribution in [3.05, 3.63) is 43.0 Å². The minimum Gasteiger partial charge on any atom is -0.354 e. The highest BCUT2D eigenvalue weighted by Crippen LogP contribution is 2.31. The van der Waals surface area contributed by atoms with E-state index in [-0.39, 0.29) is 5.78 Å². The maximum absolute atomic E-state index is 13.0. The summed E-state index contributed by atoms with van der Waals surface area (Å²) in [5, 5.41) is 8.29. The Morgan fingerprint density at radius 1 is 1.29 bits per heavy atom. The number of pyridine rings is 1. The number of H-pyrrole nitrogens is 1. The lowest BCUT2D eigenvalue weighted by Crippen LogP contribution is -2.10. The number of hydrogen-bond acceptors (Lipinski definition) is 6. The van der Waals surface area contributed by atoms with Gasteiger partial charge in [0.15, 0.2) is 0 Å². The molecule has 0 saturated heterocycles. The average Bonchev–Trinajstić information content (AvgIpc) is 3.39. The molecule has 0 aliphatic rings. The highest BCUT2D eigenvalue weighted by molar-refractivity contribution is 5.85. The molecule has 2 N–H and O–H groups in total. The van der Waals surface area contributed by atoms with Gasteiger partial charge in [-0.25, -0.2) is 23.7 Å². The number of nitrogens with one attached hydrogen (secondary N) is 2. The smallest absolute Gasteiger partial charge is 0.257 e. The predicted octanol–water partition coefficient (Wildman–Crippen LogP) is 3.93. The van der Waals surface area contributed by atoms with Crippen LogP contribution >= 0.6 is 0 Å². The van der Waals surface area contributed by atoms with Gasteiger partial charge in [-0.1, -0.05) is 6.92 Å². The van der Waals surface area contributed by atoms with Crippen LogP contribution in [0.25, 0.3) is 33.5 Å². The third kappa shape index (κ3) is 4.73. The van der Waals surface area contributed by atoms with Crippen LogP contribution in [0, 0.1) is 0 Å². The van der Waals surface area contributed by atoms with Crippen molar-refractivity contribution in [3.63, 3.8) is 0 Å². The van der Waals surface area contributed by atoms with E-state index in [9.17, 15) is 13.6 Å². The maximum atomic E-state index is 13.0. The Labute approximate surface area is 176 Å². The molecular formula is C21H21F2N7O. The fourth-order valence-corrected chi connectivity index (χ4v) is 3.21. The van der Waals surface area contributed by atoms with Gasteiger partial charge in [-0.3, -0.25) is 9.48 Å². The molecule has 0 aromatic carbocycles. The zero-order valence-electron chi connectivity index (χ0n) is 16.8. The third-order valence-corrected chi connectivity index (χ3v) is 4.77. The van der Waals surface area contributed by atoms with Crippen LogP contribution in [-0.2, 0) is 11.3 Å². The molecule has 0 aliphatic carbocycles. The minimum absolute atomic E-state index is 0.145. The Kier molecular flexibility index (Phi) is 5.96. The van der Waals surface area contributed by atoms with Gasteiger partial charge in [-0.15, -0.1) is 0 Å². The van der Waals surface area contributed by atoms with E-state index in [0.717, 1.165) is 11.0 Å². The molecule has 4 heterocycles. The summed E-state index contributed by atoms with van der Waals surface area (Å²) in [6.07, 6.45) is 4.88. The molecule has 0 bridgehead atoms. The molecule has 4 aromatic rings. The third-order valence-electron chi connectivity index (χ3n) is 4.77. The van der Waals surface area contributed by atoms with Gasteiger partial charge < -0.3 is 10.3 Å². The van der Waals surface area contributed by atoms with Crippen LogP contribution < -0.4 is 5.32 Å². The van der Waals surface area contributed by atoms with Crippen molar-refractivity contribution in [1.82, 2.24) is 29.7 Å². The van der Waals surface area contributed by atoms with Gasteiger partial charge in [0.25, 0.3) is 6.43 Å². The Hall–Kier alpha value is -3.69. The van der Waals surface area contributed by atoms with Gasteiger partial charge in [0.05, 0.1) is 5.69 Å². The highest BCUT2D eigenvalue weighted by Gasteiger charge is 2.18. The summed E-state index contributed by atoms with van der Waals surface area (Å²) in [6, 6.07) is 5.47. The first kappa shape index (κ1) is 20.6. The molecular weight excluding hydrogens is 404 g/mol. The second kappa shape index (κ2) is 8.99. The van der Waals surface area contributed by atoms with Gasteiger partial charge in [-0.05, 0) is 18.2 Å². The number of halogens is 2. The van der Waals surface area contributed by atoms with Crippen LogP contribution in [0.5, 0.6) is 0 Å². The number of alkyl halides is 2. The molecule has 4 aromatic heterocycles. The van der Waals surface area contributed by atoms with Crippen molar-refractivity contribution in [1.29, 1.82) is 0 Å². The fourth-order valence-electron chi connectivity index (χ4n) is 3.21. The zero-order valence-corrected chi connectivity index (χ0v) is 16.8. The summed E-state index contributed by atoms with van der Waals surface area (Å²) in [4.78, 5) is 27.6. The molecule has 0 spiro atoms. The molecule has 0 fully saturated rings. The normalized spacial score (nSPS) is 11.4. The topological polar surface area (TPSA) is 101 Å². The molecule has 0 amide bonds. The summed E-state index contributed by atoms with van der Waals surface area (Å²) in [5.41, 5.74) is 3.04. The second-order valence-corrected chi connectivity index (χ2v) is 6.98. The van der Waals surface area contributed by atoms with Gasteiger partial charge in [0.2, 0.25) is 5.95 Å². The van der Waals surface area contributed by atoms with Crippen molar-refractivity contribution < 1.29 is 13.6 Å². The maximum Gasteiger partial charge on any atom is 0.257 e. The first-order valence-corrected chi connectivity index (χ1v) is 9.91. The summed E-state index contributed by atoms with van der Waals surface area (Å²) in [6.45, 7) is 1.71. The van der Waals surface area contributed by atoms with Crippen molar-refractivity contribution in [2.75, 3.05) is 11.9 Å². The Balaban J connectivity index is 1.69. The fraction of sp³-hybridized carbons (Fsp3) is 0.286. The van der Waals surface area contributed by atoms with E-state index >= 15 is 0 Å². The van der Waals surface area contributed by atoms with Crippen LogP contribution in [0.4, 0.5) is 14.7 Å². The lowest BCUT2D eigenvalue weighted by atomic mass is 10.1. The number of nitrogens with zero attached hydrogens (tertiary/aromatic N) is 5. The van der Waals surface area contributed by atoms with E-state index in [1.807, 2.05) is 19.1 Å². The summed E-state index contributed by atoms with van der Waals surface area (Å²) < 4.78 is 27.2. The SMILES string of the molecule is CCC(=O)CCNc1nccc(-c2cn(CC(F)F)nc2-c2cnc3[nH]ccc3c2)n1. The number of fused-ring (bicyclic) bond motifs is 1. The van der Waals surface area contributed by atoms with Crippen molar-refractivity contribution in [2.45, 2.75) is 32.7 Å². The number of aromatic amines is 1. The van der Waals surface area contributed by atoms with Crippen LogP contribution in [0.1, 0.15) is 19.8 Å². The summed E-state index contributed by atoms with van der Waals surface area (Å²) >= 11 is 0. The number of carbonyl (C=O) groups excluding carboxylic acids is 1. The summed E-state index contributed by atoms with van der Waals surface area (Å²) in [5.74, 6) is 0.500. The number of Topliss-reactive ketones (excluding diaryl/α,β-unsaturated/α-hetero) is 1. The zero-order chi connectivity index (χ0) is 21.8. The molecule has 0 saturated carbocycles. The van der Waals surface area contributed by atoms with Crippen LogP contribution in [0.15, 0.2) is 43.0 Å². The molecule has 31 heavy (non-hydrogen) atoms. The Bertz CT molecular complexity index is 1200. The second-order valence-electron chi connectivity index (χ2n) is 6.98. The average molecular weight is 425 g/mol. The molecule has 0 radical (unpaired) electrons. The Morgan fingerprint density at radius 3 is 2.97 bits per heavy atom. The number of hydrogen-bond donors (Lipinski definition) is 2. The predicted molar refractivity (Wildman–Crippen MR) is 113 cm³/mol. The lowest BCUT2D eigenvalue weighted by molar-refractivity contribution is -0.118. The number of rotatable bonds is 9. The number of aromatic nitrogens is 6. The molecule has 160 valence electrons. The van der Waals surface area contributed by atoms with Crippen molar-refractivity contribution in [2.24, 2.45) is 0 Å². The minimum atomic E-state index is -2.54. The number of carbonyl (C=O) groups is 1. The standard InChI is InChI=1S/C21H21F2N7O/c1-2-15(31)4-7-25-21-26-8-5-17(28-21)16-11-30(12-18(22)23)29-19(16)14-9-13-3-6-24-20(13)27-10-14/h3,5-6,8-11,18H,2,4,7,12H2,1H3,(H,24,27)(H,25,26,28). The largest absolute Gasteiger partial charge is 0.354 e. The molecule has 0 atom stereocenters. The van der Waals surface area contributed by atoms with Gasteiger partial charge in [0.1, 0.15) is 23.7 Å². The van der Waals surface area contributed by atoms with E-state index in [2.05, 4.69) is 30.4 Å². The van der Waals surface area contributed by atoms with Crippen molar-refractivity contribution in [3.8, 4) is 22.5 Å². The van der Waals surface area contributed by atoms with Crippen LogP contribution in [0.3, 0.4) is 0 Å². The first-order valence-electron chi connectivity index (χ1n) is 9.91. The van der Waals surface area contributed by atoms with Crippen LogP contribution in [0.2, 0.25) is 0 Å². The summed E-state index contributed by atoms with van der Waals surface area (Å²) in [7, 11) is 0. The lowest BCUT2D eigenvalue weighted by Gasteiger charge is -2.06. The molecule has 4 rings (SSSR count). The first-order chi connectivity index (χ1) is 15.0. The number of anilines is 1. The monoisotopic (exact) mass is 425 g/mol. The van der Waals surface area contributed by atoms with E-state index < -0.39 is 13.0 Å². The van der Waals surface area contributed by atoms with Gasteiger partial charge >= 0.3 is 0 Å². The molecule has 0 aliphatic heterocycles. The van der Waals surface area contributed by atoms with Crippen LogP contribution in [-0.4, -0.2) is 48.5 Å². The van der Waals surface area contributed by atoms with E-state index in [1.165, 1.54) is 4.68 Å².